The fraction of sp³-hybridized carbons (Fsp3) is 0.533. The molecule has 1 aromatic carbocycles. The number of piperazine rings is 1. The molecule has 2 fully saturated rings. The number of halogens is 3. The number of carbonyl (C=O) groups excluding carboxylic acids is 1. The largest absolute Gasteiger partial charge is 0.482 e. The molecule has 4 nitrogen and oxygen atoms in total. The van der Waals surface area contributed by atoms with Crippen molar-refractivity contribution >= 4 is 40.7 Å². The Bertz CT molecular complexity index is 582. The molecule has 1 amide bonds. The molecule has 0 radical (unpaired) electrons. The van der Waals surface area contributed by atoms with Crippen LogP contribution in [0.4, 0.5) is 0 Å². The fourth-order valence-electron chi connectivity index (χ4n) is 3.06. The van der Waals surface area contributed by atoms with Crippen LogP contribution < -0.4 is 4.74 Å². The molecule has 0 spiro atoms. The Labute approximate surface area is 144 Å². The fourth-order valence-corrected chi connectivity index (χ4v) is 3.65. The van der Waals surface area contributed by atoms with Crippen LogP contribution in [-0.2, 0) is 4.79 Å². The first-order valence-corrected chi connectivity index (χ1v) is 8.47. The van der Waals surface area contributed by atoms with E-state index in [4.69, 9.17) is 39.5 Å². The smallest absolute Gasteiger partial charge is 0.260 e. The maximum Gasteiger partial charge on any atom is 0.260 e. The van der Waals surface area contributed by atoms with Crippen LogP contribution in [0.3, 0.4) is 0 Å². The van der Waals surface area contributed by atoms with E-state index in [1.807, 2.05) is 4.90 Å². The quantitative estimate of drug-likeness (QED) is 0.772. The summed E-state index contributed by atoms with van der Waals surface area (Å²) in [6.45, 7) is 3.61. The second kappa shape index (κ2) is 6.83. The number of hydrogen-bond donors (Lipinski definition) is 0. The maximum absolute atomic E-state index is 12.3. The van der Waals surface area contributed by atoms with Crippen LogP contribution in [0.25, 0.3) is 0 Å². The van der Waals surface area contributed by atoms with Crippen LogP contribution in [-0.4, -0.2) is 54.5 Å². The number of nitrogens with zero attached hydrogens (tertiary/aromatic N) is 2. The summed E-state index contributed by atoms with van der Waals surface area (Å²) in [5, 5.41) is 1.07. The third-order valence-corrected chi connectivity index (χ3v) is 5.28. The molecule has 120 valence electrons. The first-order valence-electron chi connectivity index (χ1n) is 7.34. The van der Waals surface area contributed by atoms with Crippen LogP contribution in [0.2, 0.25) is 15.1 Å². The zero-order valence-corrected chi connectivity index (χ0v) is 14.3. The van der Waals surface area contributed by atoms with Gasteiger partial charge in [-0.1, -0.05) is 34.8 Å². The molecular formula is C15H17Cl3N2O2. The van der Waals surface area contributed by atoms with Crippen LogP contribution >= 0.6 is 34.8 Å². The maximum atomic E-state index is 12.3. The first kappa shape index (κ1) is 16.2. The number of benzene rings is 1. The molecule has 2 saturated heterocycles. The van der Waals surface area contributed by atoms with Gasteiger partial charge in [-0.25, -0.2) is 0 Å². The van der Waals surface area contributed by atoms with E-state index < -0.39 is 0 Å². The summed E-state index contributed by atoms with van der Waals surface area (Å²) in [6.07, 6.45) is 2.39. The van der Waals surface area contributed by atoms with Gasteiger partial charge in [-0.3, -0.25) is 9.69 Å². The molecule has 7 heteroatoms. The number of hydrogen-bond acceptors (Lipinski definition) is 3. The van der Waals surface area contributed by atoms with Crippen molar-refractivity contribution in [3.63, 3.8) is 0 Å². The lowest BCUT2D eigenvalue weighted by Crippen LogP contribution is -2.53. The zero-order valence-electron chi connectivity index (χ0n) is 12.0. The molecule has 2 aliphatic heterocycles. The van der Waals surface area contributed by atoms with Crippen molar-refractivity contribution in [2.24, 2.45) is 0 Å². The second-order valence-electron chi connectivity index (χ2n) is 5.66. The summed E-state index contributed by atoms with van der Waals surface area (Å²) >= 11 is 17.9. The van der Waals surface area contributed by atoms with Gasteiger partial charge in [-0.2, -0.15) is 0 Å². The molecule has 22 heavy (non-hydrogen) atoms. The lowest BCUT2D eigenvalue weighted by molar-refractivity contribution is -0.135. The number of fused-ring (bicyclic) bond motifs is 1. The molecule has 0 saturated carbocycles. The Morgan fingerprint density at radius 2 is 1.91 bits per heavy atom. The topological polar surface area (TPSA) is 32.8 Å². The average Bonchev–Trinajstić information content (AvgIpc) is 2.96. The lowest BCUT2D eigenvalue weighted by Gasteiger charge is -2.37. The van der Waals surface area contributed by atoms with E-state index in [9.17, 15) is 4.79 Å². The molecule has 3 rings (SSSR count). The van der Waals surface area contributed by atoms with E-state index >= 15 is 0 Å². The highest BCUT2D eigenvalue weighted by atomic mass is 35.5. The van der Waals surface area contributed by atoms with Crippen molar-refractivity contribution < 1.29 is 9.53 Å². The van der Waals surface area contributed by atoms with Gasteiger partial charge in [0.05, 0.1) is 15.1 Å². The third-order valence-electron chi connectivity index (χ3n) is 4.27. The summed E-state index contributed by atoms with van der Waals surface area (Å²) in [5.41, 5.74) is 0. The van der Waals surface area contributed by atoms with E-state index in [1.165, 1.54) is 25.0 Å². The number of rotatable bonds is 3. The van der Waals surface area contributed by atoms with Gasteiger partial charge in [-0.05, 0) is 25.5 Å². The summed E-state index contributed by atoms with van der Waals surface area (Å²) < 4.78 is 5.52. The predicted octanol–water partition coefficient (Wildman–Crippen LogP) is 3.33. The normalized spacial score (nSPS) is 21.8. The van der Waals surface area contributed by atoms with E-state index in [0.29, 0.717) is 26.9 Å². The van der Waals surface area contributed by atoms with E-state index in [0.717, 1.165) is 26.2 Å². The molecule has 0 bridgehead atoms. The molecule has 0 aliphatic carbocycles. The SMILES string of the molecule is O=C(COc1cc(Cl)c(Cl)cc1Cl)N1CCN2CCC[C@@H]2C1. The average molecular weight is 364 g/mol. The van der Waals surface area contributed by atoms with E-state index in [1.54, 1.807) is 0 Å². The Hall–Kier alpha value is -0.680. The van der Waals surface area contributed by atoms with Crippen molar-refractivity contribution in [3.8, 4) is 5.75 Å². The summed E-state index contributed by atoms with van der Waals surface area (Å²) in [6, 6.07) is 3.56. The molecule has 2 aliphatic rings. The van der Waals surface area contributed by atoms with Crippen molar-refractivity contribution in [1.82, 2.24) is 9.80 Å². The molecular weight excluding hydrogens is 347 g/mol. The Morgan fingerprint density at radius 3 is 2.73 bits per heavy atom. The minimum atomic E-state index is -0.0373. The van der Waals surface area contributed by atoms with Gasteiger partial charge in [0.15, 0.2) is 6.61 Å². The van der Waals surface area contributed by atoms with E-state index in [2.05, 4.69) is 4.90 Å². The molecule has 0 unspecified atom stereocenters. The standard InChI is InChI=1S/C15H17Cl3N2O2/c16-11-6-13(18)14(7-12(11)17)22-9-15(21)20-5-4-19-3-1-2-10(19)8-20/h6-7,10H,1-5,8-9H2/t10-/m1/s1. The van der Waals surface area contributed by atoms with Crippen molar-refractivity contribution in [1.29, 1.82) is 0 Å². The summed E-state index contributed by atoms with van der Waals surface area (Å²) in [4.78, 5) is 16.6. The Balaban J connectivity index is 1.57. The van der Waals surface area contributed by atoms with Gasteiger partial charge < -0.3 is 9.64 Å². The minimum absolute atomic E-state index is 0.0197. The van der Waals surface area contributed by atoms with Gasteiger partial charge in [0.1, 0.15) is 5.75 Å². The number of ether oxygens (including phenoxy) is 1. The van der Waals surface area contributed by atoms with Gasteiger partial charge >= 0.3 is 0 Å². The summed E-state index contributed by atoms with van der Waals surface area (Å²) in [5.74, 6) is 0.359. The monoisotopic (exact) mass is 362 g/mol. The Morgan fingerprint density at radius 1 is 1.14 bits per heavy atom. The number of amides is 1. The van der Waals surface area contributed by atoms with Gasteiger partial charge in [0.25, 0.3) is 5.91 Å². The van der Waals surface area contributed by atoms with Crippen LogP contribution in [0.1, 0.15) is 12.8 Å². The van der Waals surface area contributed by atoms with Crippen molar-refractivity contribution in [2.45, 2.75) is 18.9 Å². The highest BCUT2D eigenvalue weighted by molar-refractivity contribution is 6.43. The van der Waals surface area contributed by atoms with Gasteiger partial charge in [0, 0.05) is 31.7 Å². The molecule has 0 N–H and O–H groups in total. The van der Waals surface area contributed by atoms with Gasteiger partial charge in [-0.15, -0.1) is 0 Å². The minimum Gasteiger partial charge on any atom is -0.482 e. The van der Waals surface area contributed by atoms with Crippen LogP contribution in [0.5, 0.6) is 5.75 Å². The third kappa shape index (κ3) is 3.46. The highest BCUT2D eigenvalue weighted by Crippen LogP contribution is 2.33. The highest BCUT2D eigenvalue weighted by Gasteiger charge is 2.32. The first-order chi connectivity index (χ1) is 10.5. The van der Waals surface area contributed by atoms with Crippen molar-refractivity contribution in [3.05, 3.63) is 27.2 Å². The predicted molar refractivity (Wildman–Crippen MR) is 88.1 cm³/mol. The molecule has 0 aromatic heterocycles. The van der Waals surface area contributed by atoms with Crippen LogP contribution in [0, 0.1) is 0 Å². The lowest BCUT2D eigenvalue weighted by atomic mass is 10.1. The van der Waals surface area contributed by atoms with Gasteiger partial charge in [0.2, 0.25) is 0 Å². The zero-order chi connectivity index (χ0) is 15.7. The van der Waals surface area contributed by atoms with Crippen molar-refractivity contribution in [2.75, 3.05) is 32.8 Å². The Kier molecular flexibility index (Phi) is 5.03. The molecule has 2 heterocycles. The summed E-state index contributed by atoms with van der Waals surface area (Å²) in [7, 11) is 0. The molecule has 1 aromatic rings. The van der Waals surface area contributed by atoms with Crippen LogP contribution in [0.15, 0.2) is 12.1 Å². The second-order valence-corrected chi connectivity index (χ2v) is 6.88. The molecule has 1 atom stereocenters. The number of carbonyl (C=O) groups is 1. The van der Waals surface area contributed by atoms with E-state index in [-0.39, 0.29) is 12.5 Å².